The molecule has 0 aliphatic carbocycles. The number of nitriles is 1. The molecule has 14 heteroatoms. The smallest absolute Gasteiger partial charge is 0.366 e. The van der Waals surface area contributed by atoms with Gasteiger partial charge in [-0.15, -0.1) is 0 Å². The average Bonchev–Trinajstić information content (AvgIpc) is 3.03. The lowest BCUT2D eigenvalue weighted by Gasteiger charge is -2.41. The van der Waals surface area contributed by atoms with Crippen LogP contribution < -0.4 is 10.2 Å². The van der Waals surface area contributed by atoms with E-state index in [2.05, 4.69) is 10.1 Å². The molecule has 1 amide bonds. The minimum atomic E-state index is -4.50. The van der Waals surface area contributed by atoms with Crippen LogP contribution in [0.1, 0.15) is 65.2 Å². The Kier molecular flexibility index (Phi) is 11.0. The van der Waals surface area contributed by atoms with Crippen molar-refractivity contribution in [2.75, 3.05) is 23.8 Å². The summed E-state index contributed by atoms with van der Waals surface area (Å²) in [5, 5.41) is 11.9. The number of ether oxygens (including phenoxy) is 1. The number of rotatable bonds is 11. The number of carbonyl (C=O) groups excluding carboxylic acids is 1. The third-order valence-corrected chi connectivity index (χ3v) is 9.73. The summed E-state index contributed by atoms with van der Waals surface area (Å²) in [6, 6.07) is 14.5. The first kappa shape index (κ1) is 34.8. The van der Waals surface area contributed by atoms with Crippen LogP contribution in [0.2, 0.25) is 0 Å². The molecule has 1 aliphatic rings. The lowest BCUT2D eigenvalue weighted by atomic mass is 9.86. The van der Waals surface area contributed by atoms with Gasteiger partial charge in [-0.25, -0.2) is 12.8 Å². The topological polar surface area (TPSA) is 99.5 Å². The van der Waals surface area contributed by atoms with Gasteiger partial charge in [0.15, 0.2) is 9.84 Å². The fraction of sp³-hybridized carbons (Fsp3) is 0.375. The van der Waals surface area contributed by atoms with Crippen molar-refractivity contribution in [1.82, 2.24) is 5.32 Å². The minimum Gasteiger partial charge on any atom is -0.366 e. The van der Waals surface area contributed by atoms with E-state index in [4.69, 9.17) is 0 Å². The van der Waals surface area contributed by atoms with Crippen molar-refractivity contribution >= 4 is 21.4 Å². The Morgan fingerprint density at radius 3 is 2.30 bits per heavy atom. The third-order valence-electron chi connectivity index (χ3n) is 7.98. The van der Waals surface area contributed by atoms with E-state index in [1.165, 1.54) is 55.5 Å². The number of benzene rings is 3. The fourth-order valence-corrected chi connectivity index (χ4v) is 6.32. The van der Waals surface area contributed by atoms with Gasteiger partial charge in [0.1, 0.15) is 5.82 Å². The molecule has 1 N–H and O–H groups in total. The van der Waals surface area contributed by atoms with Crippen LogP contribution >= 0.6 is 0 Å². The first-order valence-corrected chi connectivity index (χ1v) is 16.0. The Balaban J connectivity index is 1.55. The van der Waals surface area contributed by atoms with Gasteiger partial charge in [-0.2, -0.15) is 27.2 Å². The number of nitrogens with zero attached hydrogens (tertiary/aromatic N) is 2. The lowest BCUT2D eigenvalue weighted by molar-refractivity contribution is -0.137. The minimum absolute atomic E-state index is 0.0814. The van der Waals surface area contributed by atoms with Crippen molar-refractivity contribution < 1.29 is 44.3 Å². The standard InChI is InChI=1S/C32H31F6N3O4S/c1-2-46(43,44)26-12-6-21(7-13-26)29(15-16-39)40-30(42)27-14-11-24(17-28(27)33)41-18-22(5-10-25(41)19-45-31(34)35)20-3-8-23(9-4-20)32(36,37)38/h3-4,6-9,11-14,17,22,25,29,31H,2,5,10,15,18-19H2,1H3,(H,40,42)/t22-,25+,29?/m1/s1. The zero-order valence-electron chi connectivity index (χ0n) is 24.6. The van der Waals surface area contributed by atoms with Gasteiger partial charge in [-0.1, -0.05) is 31.2 Å². The van der Waals surface area contributed by atoms with Crippen LogP contribution in [0.25, 0.3) is 0 Å². The molecule has 4 rings (SSSR count). The lowest BCUT2D eigenvalue weighted by Crippen LogP contribution is -2.45. The Morgan fingerprint density at radius 1 is 1.07 bits per heavy atom. The number of alkyl halides is 5. The van der Waals surface area contributed by atoms with Crippen LogP contribution in [0.5, 0.6) is 0 Å². The van der Waals surface area contributed by atoms with Crippen LogP contribution in [0, 0.1) is 17.1 Å². The molecule has 1 fully saturated rings. The van der Waals surface area contributed by atoms with Crippen LogP contribution in [-0.4, -0.2) is 45.9 Å². The molecule has 1 heterocycles. The van der Waals surface area contributed by atoms with Crippen molar-refractivity contribution in [3.05, 3.63) is 94.8 Å². The van der Waals surface area contributed by atoms with Crippen LogP contribution in [0.4, 0.5) is 32.0 Å². The first-order valence-electron chi connectivity index (χ1n) is 14.4. The van der Waals surface area contributed by atoms with Crippen molar-refractivity contribution in [1.29, 1.82) is 5.26 Å². The molecule has 1 unspecified atom stereocenters. The number of amides is 1. The number of sulfone groups is 1. The van der Waals surface area contributed by atoms with Gasteiger partial charge >= 0.3 is 12.8 Å². The summed E-state index contributed by atoms with van der Waals surface area (Å²) in [5.41, 5.74) is 0.142. The molecule has 0 bridgehead atoms. The number of carbonyl (C=O) groups is 1. The van der Waals surface area contributed by atoms with E-state index < -0.39 is 52.0 Å². The van der Waals surface area contributed by atoms with Crippen molar-refractivity contribution in [3.8, 4) is 6.07 Å². The zero-order chi connectivity index (χ0) is 33.6. The molecule has 0 spiro atoms. The zero-order valence-corrected chi connectivity index (χ0v) is 25.4. The highest BCUT2D eigenvalue weighted by atomic mass is 32.2. The molecule has 3 aromatic carbocycles. The summed E-state index contributed by atoms with van der Waals surface area (Å²) in [6.07, 6.45) is -3.89. The van der Waals surface area contributed by atoms with E-state index in [0.717, 1.165) is 18.2 Å². The van der Waals surface area contributed by atoms with Gasteiger partial charge in [0.25, 0.3) is 5.91 Å². The molecule has 3 aromatic rings. The third kappa shape index (κ3) is 8.38. The van der Waals surface area contributed by atoms with Crippen LogP contribution in [0.15, 0.2) is 71.6 Å². The highest BCUT2D eigenvalue weighted by Gasteiger charge is 2.33. The second-order valence-electron chi connectivity index (χ2n) is 10.8. The number of hydrogen-bond donors (Lipinski definition) is 1. The summed E-state index contributed by atoms with van der Waals surface area (Å²) in [4.78, 5) is 14.8. The molecule has 1 saturated heterocycles. The van der Waals surface area contributed by atoms with Crippen molar-refractivity contribution in [2.24, 2.45) is 0 Å². The van der Waals surface area contributed by atoms with Gasteiger partial charge in [-0.05, 0) is 66.4 Å². The highest BCUT2D eigenvalue weighted by molar-refractivity contribution is 7.91. The molecule has 246 valence electrons. The Labute approximate surface area is 262 Å². The summed E-state index contributed by atoms with van der Waals surface area (Å²) >= 11 is 0. The maximum Gasteiger partial charge on any atom is 0.416 e. The summed E-state index contributed by atoms with van der Waals surface area (Å²) in [5.74, 6) is -2.16. The van der Waals surface area contributed by atoms with Crippen molar-refractivity contribution in [2.45, 2.75) is 61.9 Å². The molecule has 3 atom stereocenters. The van der Waals surface area contributed by atoms with Crippen LogP contribution in [0.3, 0.4) is 0 Å². The molecule has 7 nitrogen and oxygen atoms in total. The van der Waals surface area contributed by atoms with E-state index in [1.807, 2.05) is 6.07 Å². The molecular weight excluding hydrogens is 636 g/mol. The molecule has 0 radical (unpaired) electrons. The summed E-state index contributed by atoms with van der Waals surface area (Å²) in [6.45, 7) is -1.75. The Bertz CT molecular complexity index is 1660. The molecular formula is C32H31F6N3O4S. The quantitative estimate of drug-likeness (QED) is 0.221. The number of piperidine rings is 1. The van der Waals surface area contributed by atoms with E-state index in [-0.39, 0.29) is 47.4 Å². The van der Waals surface area contributed by atoms with Gasteiger partial charge in [0.05, 0.1) is 53.0 Å². The second-order valence-corrected chi connectivity index (χ2v) is 13.1. The van der Waals surface area contributed by atoms with Crippen LogP contribution in [-0.2, 0) is 20.8 Å². The Hall–Kier alpha value is -4.09. The van der Waals surface area contributed by atoms with E-state index in [1.54, 1.807) is 4.90 Å². The molecule has 0 aromatic heterocycles. The van der Waals surface area contributed by atoms with Gasteiger partial charge < -0.3 is 15.0 Å². The fourth-order valence-electron chi connectivity index (χ4n) is 5.44. The van der Waals surface area contributed by atoms with Gasteiger partial charge in [0, 0.05) is 18.2 Å². The van der Waals surface area contributed by atoms with Crippen molar-refractivity contribution in [3.63, 3.8) is 0 Å². The number of halogens is 6. The predicted molar refractivity (Wildman–Crippen MR) is 158 cm³/mol. The van der Waals surface area contributed by atoms with E-state index in [9.17, 15) is 40.4 Å². The number of anilines is 1. The largest absolute Gasteiger partial charge is 0.416 e. The normalized spacial score (nSPS) is 17.8. The summed E-state index contributed by atoms with van der Waals surface area (Å²) in [7, 11) is -3.47. The molecule has 46 heavy (non-hydrogen) atoms. The molecule has 1 aliphatic heterocycles. The molecule has 0 saturated carbocycles. The van der Waals surface area contributed by atoms with E-state index >= 15 is 4.39 Å². The maximum absolute atomic E-state index is 15.5. The second kappa shape index (κ2) is 14.6. The SMILES string of the molecule is CCS(=O)(=O)c1ccc(C(CC#N)NC(=O)c2ccc(N3C[C@H](c4ccc(C(F)(F)F)cc4)CC[C@H]3COC(F)F)cc2F)cc1. The number of nitrogens with one attached hydrogen (secondary N) is 1. The number of hydrogen-bond acceptors (Lipinski definition) is 6. The summed E-state index contributed by atoms with van der Waals surface area (Å²) < 4.78 is 109. The van der Waals surface area contributed by atoms with Gasteiger partial charge in [0.2, 0.25) is 0 Å². The predicted octanol–water partition coefficient (Wildman–Crippen LogP) is 7.01. The average molecular weight is 668 g/mol. The van der Waals surface area contributed by atoms with E-state index in [0.29, 0.717) is 24.0 Å². The maximum atomic E-state index is 15.5. The monoisotopic (exact) mass is 667 g/mol. The Morgan fingerprint density at radius 2 is 1.74 bits per heavy atom. The first-order chi connectivity index (χ1) is 21.7. The van der Waals surface area contributed by atoms with Gasteiger partial charge in [-0.3, -0.25) is 4.79 Å². The highest BCUT2D eigenvalue weighted by Crippen LogP contribution is 2.36.